The van der Waals surface area contributed by atoms with Gasteiger partial charge in [0.1, 0.15) is 0 Å². The van der Waals surface area contributed by atoms with Crippen LogP contribution in [-0.2, 0) is 0 Å². The Morgan fingerprint density at radius 3 is 2.43 bits per heavy atom. The van der Waals surface area contributed by atoms with Gasteiger partial charge in [-0.15, -0.1) is 5.10 Å². The first-order valence-electron chi connectivity index (χ1n) is 9.28. The number of hydrogen-bond donors (Lipinski definition) is 1. The van der Waals surface area contributed by atoms with Crippen molar-refractivity contribution >= 4 is 34.8 Å². The molecule has 7 heteroatoms. The summed E-state index contributed by atoms with van der Waals surface area (Å²) in [4.78, 5) is 17.4. The second-order valence-electron chi connectivity index (χ2n) is 6.93. The molecule has 0 spiro atoms. The second-order valence-corrected chi connectivity index (χ2v) is 7.80. The predicted octanol–water partition coefficient (Wildman–Crippen LogP) is 6.11. The van der Waals surface area contributed by atoms with Crippen LogP contribution in [0.25, 0.3) is 17.1 Å². The monoisotopic (exact) mass is 436 g/mol. The van der Waals surface area contributed by atoms with Crippen molar-refractivity contribution in [3.05, 3.63) is 93.7 Å². The van der Waals surface area contributed by atoms with Crippen LogP contribution in [0.1, 0.15) is 21.7 Å². The lowest BCUT2D eigenvalue weighted by atomic mass is 10.1. The van der Waals surface area contributed by atoms with E-state index in [9.17, 15) is 4.79 Å². The number of rotatable bonds is 4. The molecule has 4 rings (SSSR count). The number of carbonyl (C=O) groups excluding carboxylic acids is 1. The first-order valence-corrected chi connectivity index (χ1v) is 10.0. The molecule has 0 radical (unpaired) electrons. The lowest BCUT2D eigenvalue weighted by Crippen LogP contribution is -2.14. The first kappa shape index (κ1) is 20.1. The van der Waals surface area contributed by atoms with Gasteiger partial charge >= 0.3 is 0 Å². The molecule has 4 aromatic rings. The van der Waals surface area contributed by atoms with E-state index in [1.807, 2.05) is 44.2 Å². The number of hydrogen-bond acceptors (Lipinski definition) is 3. The van der Waals surface area contributed by atoms with Crippen LogP contribution in [0.4, 0.5) is 5.69 Å². The van der Waals surface area contributed by atoms with Crippen molar-refractivity contribution in [3.63, 3.8) is 0 Å². The number of benzene rings is 3. The Balaban J connectivity index is 1.80. The lowest BCUT2D eigenvalue weighted by Gasteiger charge is -2.10. The number of aryl methyl sites for hydroxylation is 2. The third-order valence-corrected chi connectivity index (χ3v) is 5.08. The minimum absolute atomic E-state index is 0.0563. The average Bonchev–Trinajstić information content (AvgIpc) is 3.16. The van der Waals surface area contributed by atoms with E-state index in [1.165, 1.54) is 0 Å². The summed E-state index contributed by atoms with van der Waals surface area (Å²) in [6.07, 6.45) is 0. The van der Waals surface area contributed by atoms with E-state index in [0.717, 1.165) is 22.4 Å². The number of aromatic nitrogens is 3. The largest absolute Gasteiger partial charge is 0.319 e. The van der Waals surface area contributed by atoms with E-state index < -0.39 is 5.91 Å². The summed E-state index contributed by atoms with van der Waals surface area (Å²) in [5, 5.41) is 8.47. The fraction of sp³-hybridized carbons (Fsp3) is 0.0870. The molecule has 3 aromatic carbocycles. The lowest BCUT2D eigenvalue weighted by molar-refractivity contribution is 0.101. The van der Waals surface area contributed by atoms with E-state index in [1.54, 1.807) is 41.1 Å². The summed E-state index contributed by atoms with van der Waals surface area (Å²) in [5.41, 5.74) is 4.33. The molecule has 1 heterocycles. The molecule has 1 aromatic heterocycles. The topological polar surface area (TPSA) is 59.8 Å². The number of amides is 1. The summed E-state index contributed by atoms with van der Waals surface area (Å²) in [7, 11) is 0. The molecule has 0 atom stereocenters. The van der Waals surface area contributed by atoms with Crippen LogP contribution in [0.2, 0.25) is 10.0 Å². The maximum Gasteiger partial charge on any atom is 0.295 e. The minimum Gasteiger partial charge on any atom is -0.319 e. The Morgan fingerprint density at radius 1 is 0.933 bits per heavy atom. The van der Waals surface area contributed by atoms with Crippen LogP contribution in [-0.4, -0.2) is 20.7 Å². The molecule has 1 amide bonds. The number of anilines is 1. The number of halogens is 2. The van der Waals surface area contributed by atoms with Gasteiger partial charge in [-0.05, 0) is 73.5 Å². The number of nitrogens with zero attached hydrogens (tertiary/aromatic N) is 3. The van der Waals surface area contributed by atoms with E-state index in [0.29, 0.717) is 21.6 Å². The fourth-order valence-corrected chi connectivity index (χ4v) is 3.38. The van der Waals surface area contributed by atoms with Crippen LogP contribution in [0.3, 0.4) is 0 Å². The van der Waals surface area contributed by atoms with Gasteiger partial charge in [0.05, 0.1) is 5.69 Å². The molecule has 0 fully saturated rings. The van der Waals surface area contributed by atoms with E-state index in [4.69, 9.17) is 23.2 Å². The van der Waals surface area contributed by atoms with Crippen molar-refractivity contribution in [1.82, 2.24) is 14.8 Å². The van der Waals surface area contributed by atoms with Crippen molar-refractivity contribution < 1.29 is 4.79 Å². The Hall–Kier alpha value is -3.15. The van der Waals surface area contributed by atoms with Gasteiger partial charge in [0.2, 0.25) is 5.82 Å². The fourth-order valence-electron chi connectivity index (χ4n) is 3.06. The molecule has 0 aliphatic carbocycles. The third-order valence-electron chi connectivity index (χ3n) is 4.59. The molecular weight excluding hydrogens is 419 g/mol. The van der Waals surface area contributed by atoms with Gasteiger partial charge in [-0.3, -0.25) is 4.79 Å². The maximum atomic E-state index is 12.8. The molecule has 0 aliphatic rings. The first-order chi connectivity index (χ1) is 14.4. The zero-order valence-electron chi connectivity index (χ0n) is 16.4. The smallest absolute Gasteiger partial charge is 0.295 e. The quantitative estimate of drug-likeness (QED) is 0.419. The van der Waals surface area contributed by atoms with Gasteiger partial charge in [0, 0.05) is 21.3 Å². The Bertz CT molecular complexity index is 1230. The summed E-state index contributed by atoms with van der Waals surface area (Å²) < 4.78 is 1.69. The van der Waals surface area contributed by atoms with E-state index in [-0.39, 0.29) is 5.82 Å². The molecule has 1 N–H and O–H groups in total. The van der Waals surface area contributed by atoms with Gasteiger partial charge in [-0.2, -0.15) is 0 Å². The normalized spacial score (nSPS) is 10.8. The molecular formula is C23H18Cl2N4O. The Labute approximate surface area is 184 Å². The predicted molar refractivity (Wildman–Crippen MR) is 121 cm³/mol. The highest BCUT2D eigenvalue weighted by Crippen LogP contribution is 2.26. The Morgan fingerprint density at radius 2 is 1.70 bits per heavy atom. The van der Waals surface area contributed by atoms with Crippen molar-refractivity contribution in [2.45, 2.75) is 13.8 Å². The van der Waals surface area contributed by atoms with E-state index >= 15 is 0 Å². The van der Waals surface area contributed by atoms with Gasteiger partial charge in [0.25, 0.3) is 5.91 Å². The van der Waals surface area contributed by atoms with Crippen LogP contribution in [0.5, 0.6) is 0 Å². The maximum absolute atomic E-state index is 12.8. The number of nitrogens with one attached hydrogen (secondary N) is 1. The van der Waals surface area contributed by atoms with Crippen LogP contribution >= 0.6 is 23.2 Å². The third kappa shape index (κ3) is 4.22. The van der Waals surface area contributed by atoms with Crippen molar-refractivity contribution in [1.29, 1.82) is 0 Å². The summed E-state index contributed by atoms with van der Waals surface area (Å²) >= 11 is 12.1. The van der Waals surface area contributed by atoms with Gasteiger partial charge < -0.3 is 5.32 Å². The SMILES string of the molecule is Cc1ccc(C)c(-n2nc(C(=O)Nc3cccc(Cl)c3)nc2-c2ccc(Cl)cc2)c1. The van der Waals surface area contributed by atoms with Gasteiger partial charge in [-0.1, -0.05) is 41.4 Å². The van der Waals surface area contributed by atoms with Gasteiger partial charge in [0.15, 0.2) is 5.82 Å². The number of carbonyl (C=O) groups is 1. The molecule has 5 nitrogen and oxygen atoms in total. The molecule has 0 aliphatic heterocycles. The molecule has 0 saturated carbocycles. The van der Waals surface area contributed by atoms with Crippen molar-refractivity contribution in [2.24, 2.45) is 0 Å². The summed E-state index contributed by atoms with van der Waals surface area (Å²) in [6.45, 7) is 4.00. The standard InChI is InChI=1S/C23H18Cl2N4O/c1-14-6-7-15(2)20(12-14)29-22(16-8-10-17(24)11-9-16)27-21(28-29)23(30)26-19-5-3-4-18(25)13-19/h3-13H,1-2H3,(H,26,30). The Kier molecular flexibility index (Phi) is 5.57. The van der Waals surface area contributed by atoms with Crippen molar-refractivity contribution in [3.8, 4) is 17.1 Å². The zero-order valence-corrected chi connectivity index (χ0v) is 17.9. The zero-order chi connectivity index (χ0) is 21.3. The molecule has 0 bridgehead atoms. The summed E-state index contributed by atoms with van der Waals surface area (Å²) in [6, 6.07) is 20.3. The van der Waals surface area contributed by atoms with Crippen LogP contribution in [0, 0.1) is 13.8 Å². The highest BCUT2D eigenvalue weighted by molar-refractivity contribution is 6.31. The molecule has 0 saturated heterocycles. The minimum atomic E-state index is -0.420. The second kappa shape index (κ2) is 8.30. The molecule has 30 heavy (non-hydrogen) atoms. The van der Waals surface area contributed by atoms with Crippen LogP contribution < -0.4 is 5.32 Å². The molecule has 150 valence electrons. The molecule has 0 unspecified atom stereocenters. The van der Waals surface area contributed by atoms with Gasteiger partial charge in [-0.25, -0.2) is 9.67 Å². The highest BCUT2D eigenvalue weighted by Gasteiger charge is 2.20. The van der Waals surface area contributed by atoms with Crippen LogP contribution in [0.15, 0.2) is 66.7 Å². The highest BCUT2D eigenvalue weighted by atomic mass is 35.5. The summed E-state index contributed by atoms with van der Waals surface area (Å²) in [5.74, 6) is 0.189. The average molecular weight is 437 g/mol. The van der Waals surface area contributed by atoms with E-state index in [2.05, 4.69) is 15.4 Å². The van der Waals surface area contributed by atoms with Crippen molar-refractivity contribution in [2.75, 3.05) is 5.32 Å².